The first-order chi connectivity index (χ1) is 14.0. The highest BCUT2D eigenvalue weighted by molar-refractivity contribution is 6.02. The number of amides is 2. The van der Waals surface area contributed by atoms with Crippen LogP contribution in [0.2, 0.25) is 0 Å². The summed E-state index contributed by atoms with van der Waals surface area (Å²) in [5, 5.41) is 2.91. The van der Waals surface area contributed by atoms with Gasteiger partial charge in [-0.25, -0.2) is 0 Å². The van der Waals surface area contributed by atoms with Crippen LogP contribution in [0.4, 0.5) is 0 Å². The second kappa shape index (κ2) is 8.99. The maximum atomic E-state index is 13.3. The van der Waals surface area contributed by atoms with Crippen molar-refractivity contribution in [2.45, 2.75) is 32.9 Å². The Morgan fingerprint density at radius 2 is 1.59 bits per heavy atom. The highest BCUT2D eigenvalue weighted by atomic mass is 16.5. The second-order valence-electron chi connectivity index (χ2n) is 7.51. The normalized spacial score (nSPS) is 14.2. The average molecular weight is 396 g/mol. The SMILES string of the molecule is COc1cccc(OC)c1C(=O)N[C@@H](C(=O)N1CCc2ccccc2C1)C(C)C. The molecule has 1 atom stereocenters. The summed E-state index contributed by atoms with van der Waals surface area (Å²) >= 11 is 0. The van der Waals surface area contributed by atoms with Gasteiger partial charge in [0.2, 0.25) is 5.91 Å². The highest BCUT2D eigenvalue weighted by Gasteiger charge is 2.32. The zero-order valence-electron chi connectivity index (χ0n) is 17.4. The van der Waals surface area contributed by atoms with E-state index in [2.05, 4.69) is 17.4 Å². The first kappa shape index (κ1) is 20.7. The smallest absolute Gasteiger partial charge is 0.259 e. The molecule has 0 saturated carbocycles. The predicted molar refractivity (Wildman–Crippen MR) is 111 cm³/mol. The standard InChI is InChI=1S/C23H28N2O4/c1-15(2)21(23(27)25-13-12-16-8-5-6-9-17(16)14-25)24-22(26)20-18(28-3)10-7-11-19(20)29-4/h5-11,15,21H,12-14H2,1-4H3,(H,24,26)/t21-/m1/s1. The number of carbonyl (C=O) groups excluding carboxylic acids is 2. The van der Waals surface area contributed by atoms with Crippen molar-refractivity contribution in [1.82, 2.24) is 10.2 Å². The van der Waals surface area contributed by atoms with Gasteiger partial charge >= 0.3 is 0 Å². The molecule has 1 heterocycles. The molecule has 1 aliphatic rings. The summed E-state index contributed by atoms with van der Waals surface area (Å²) in [6.45, 7) is 5.07. The van der Waals surface area contributed by atoms with Crippen LogP contribution in [0.1, 0.15) is 35.3 Å². The molecule has 29 heavy (non-hydrogen) atoms. The number of hydrogen-bond donors (Lipinski definition) is 1. The van der Waals surface area contributed by atoms with E-state index in [4.69, 9.17) is 9.47 Å². The van der Waals surface area contributed by atoms with Gasteiger partial charge in [-0.15, -0.1) is 0 Å². The van der Waals surface area contributed by atoms with Crippen molar-refractivity contribution in [2.24, 2.45) is 5.92 Å². The van der Waals surface area contributed by atoms with Crippen molar-refractivity contribution in [3.63, 3.8) is 0 Å². The van der Waals surface area contributed by atoms with Crippen LogP contribution in [0.3, 0.4) is 0 Å². The molecule has 0 fully saturated rings. The molecular formula is C23H28N2O4. The zero-order valence-corrected chi connectivity index (χ0v) is 17.4. The molecule has 0 aromatic heterocycles. The van der Waals surface area contributed by atoms with E-state index < -0.39 is 6.04 Å². The lowest BCUT2D eigenvalue weighted by Crippen LogP contribution is -2.52. The van der Waals surface area contributed by atoms with Crippen molar-refractivity contribution in [3.8, 4) is 11.5 Å². The first-order valence-corrected chi connectivity index (χ1v) is 9.83. The van der Waals surface area contributed by atoms with Crippen molar-refractivity contribution >= 4 is 11.8 Å². The molecule has 3 rings (SSSR count). The van der Waals surface area contributed by atoms with Crippen LogP contribution in [0.15, 0.2) is 42.5 Å². The van der Waals surface area contributed by atoms with Crippen molar-refractivity contribution in [2.75, 3.05) is 20.8 Å². The molecule has 6 nitrogen and oxygen atoms in total. The van der Waals surface area contributed by atoms with E-state index in [0.29, 0.717) is 30.2 Å². The summed E-state index contributed by atoms with van der Waals surface area (Å²) in [6.07, 6.45) is 0.820. The average Bonchev–Trinajstić information content (AvgIpc) is 2.75. The van der Waals surface area contributed by atoms with Gasteiger partial charge in [0.15, 0.2) is 0 Å². The second-order valence-corrected chi connectivity index (χ2v) is 7.51. The van der Waals surface area contributed by atoms with Gasteiger partial charge in [-0.05, 0) is 35.6 Å². The quantitative estimate of drug-likeness (QED) is 0.815. The molecule has 0 radical (unpaired) electrons. The highest BCUT2D eigenvalue weighted by Crippen LogP contribution is 2.28. The minimum absolute atomic E-state index is 0.0654. The van der Waals surface area contributed by atoms with Crippen LogP contribution in [-0.2, 0) is 17.8 Å². The van der Waals surface area contributed by atoms with Gasteiger partial charge in [-0.1, -0.05) is 44.2 Å². The molecule has 0 aliphatic carbocycles. The molecule has 154 valence electrons. The molecule has 1 N–H and O–H groups in total. The fourth-order valence-electron chi connectivity index (χ4n) is 3.68. The van der Waals surface area contributed by atoms with Gasteiger partial charge in [0.05, 0.1) is 14.2 Å². The molecule has 2 amide bonds. The maximum Gasteiger partial charge on any atom is 0.259 e. The lowest BCUT2D eigenvalue weighted by atomic mass is 9.97. The number of nitrogens with one attached hydrogen (secondary N) is 1. The number of fused-ring (bicyclic) bond motifs is 1. The largest absolute Gasteiger partial charge is 0.496 e. The van der Waals surface area contributed by atoms with Gasteiger partial charge in [0, 0.05) is 13.1 Å². The van der Waals surface area contributed by atoms with Crippen LogP contribution in [0.5, 0.6) is 11.5 Å². The molecule has 2 aromatic carbocycles. The number of hydrogen-bond acceptors (Lipinski definition) is 4. The summed E-state index contributed by atoms with van der Waals surface area (Å²) < 4.78 is 10.7. The topological polar surface area (TPSA) is 67.9 Å². The van der Waals surface area contributed by atoms with Crippen molar-refractivity contribution in [1.29, 1.82) is 0 Å². The number of ether oxygens (including phenoxy) is 2. The van der Waals surface area contributed by atoms with E-state index >= 15 is 0 Å². The molecule has 0 unspecified atom stereocenters. The van der Waals surface area contributed by atoms with E-state index in [1.54, 1.807) is 18.2 Å². The Hall–Kier alpha value is -3.02. The number of nitrogens with zero attached hydrogens (tertiary/aromatic N) is 1. The van der Waals surface area contributed by atoms with Gasteiger partial charge in [-0.2, -0.15) is 0 Å². The number of rotatable bonds is 6. The van der Waals surface area contributed by atoms with Gasteiger partial charge in [0.1, 0.15) is 23.1 Å². The Kier molecular flexibility index (Phi) is 6.42. The van der Waals surface area contributed by atoms with Crippen LogP contribution in [0.25, 0.3) is 0 Å². The predicted octanol–water partition coefficient (Wildman–Crippen LogP) is 3.04. The fraction of sp³-hybridized carbons (Fsp3) is 0.391. The number of benzene rings is 2. The van der Waals surface area contributed by atoms with E-state index in [1.165, 1.54) is 19.8 Å². The minimum Gasteiger partial charge on any atom is -0.496 e. The Labute approximate surface area is 171 Å². The molecule has 1 aliphatic heterocycles. The summed E-state index contributed by atoms with van der Waals surface area (Å²) in [4.78, 5) is 28.2. The van der Waals surface area contributed by atoms with Crippen LogP contribution in [-0.4, -0.2) is 43.5 Å². The van der Waals surface area contributed by atoms with E-state index in [-0.39, 0.29) is 17.7 Å². The van der Waals surface area contributed by atoms with Gasteiger partial charge in [-0.3, -0.25) is 9.59 Å². The molecule has 6 heteroatoms. The summed E-state index contributed by atoms with van der Waals surface area (Å²) in [6, 6.07) is 12.7. The summed E-state index contributed by atoms with van der Waals surface area (Å²) in [5.41, 5.74) is 2.73. The third-order valence-electron chi connectivity index (χ3n) is 5.32. The van der Waals surface area contributed by atoms with E-state index in [1.807, 2.05) is 30.9 Å². The van der Waals surface area contributed by atoms with Gasteiger partial charge in [0.25, 0.3) is 5.91 Å². The van der Waals surface area contributed by atoms with E-state index in [0.717, 1.165) is 12.0 Å². The number of carbonyl (C=O) groups is 2. The molecule has 2 aromatic rings. The minimum atomic E-state index is -0.637. The first-order valence-electron chi connectivity index (χ1n) is 9.83. The van der Waals surface area contributed by atoms with Crippen LogP contribution in [0, 0.1) is 5.92 Å². The van der Waals surface area contributed by atoms with E-state index in [9.17, 15) is 9.59 Å². The maximum absolute atomic E-state index is 13.3. The van der Waals surface area contributed by atoms with Crippen LogP contribution >= 0.6 is 0 Å². The molecular weight excluding hydrogens is 368 g/mol. The Balaban J connectivity index is 1.81. The number of methoxy groups -OCH3 is 2. The molecule has 0 spiro atoms. The lowest BCUT2D eigenvalue weighted by molar-refractivity contribution is -0.135. The Morgan fingerprint density at radius 1 is 0.966 bits per heavy atom. The summed E-state index contributed by atoms with van der Waals surface area (Å²) in [5.74, 6) is 0.289. The van der Waals surface area contributed by atoms with Gasteiger partial charge < -0.3 is 19.7 Å². The lowest BCUT2D eigenvalue weighted by Gasteiger charge is -2.33. The molecule has 0 bridgehead atoms. The Bertz CT molecular complexity index is 872. The third kappa shape index (κ3) is 4.36. The Morgan fingerprint density at radius 3 is 2.17 bits per heavy atom. The van der Waals surface area contributed by atoms with Crippen LogP contribution < -0.4 is 14.8 Å². The zero-order chi connectivity index (χ0) is 21.0. The van der Waals surface area contributed by atoms with Crippen molar-refractivity contribution in [3.05, 3.63) is 59.2 Å². The summed E-state index contributed by atoms with van der Waals surface area (Å²) in [7, 11) is 3.00. The molecule has 0 saturated heterocycles. The van der Waals surface area contributed by atoms with Crippen molar-refractivity contribution < 1.29 is 19.1 Å². The third-order valence-corrected chi connectivity index (χ3v) is 5.32. The fourth-order valence-corrected chi connectivity index (χ4v) is 3.68. The monoisotopic (exact) mass is 396 g/mol.